The summed E-state index contributed by atoms with van der Waals surface area (Å²) in [5.74, 6) is 0. The van der Waals surface area contributed by atoms with Gasteiger partial charge in [0.05, 0.1) is 11.5 Å². The summed E-state index contributed by atoms with van der Waals surface area (Å²) in [4.78, 5) is 0.238. The molecule has 3 aromatic rings. The van der Waals surface area contributed by atoms with Crippen LogP contribution in [0.25, 0.3) is 0 Å². The first kappa shape index (κ1) is 37.5. The highest BCUT2D eigenvalue weighted by Crippen LogP contribution is 2.23. The molecule has 0 N–H and O–H groups in total. The Morgan fingerprint density at radius 2 is 0.953 bits per heavy atom. The van der Waals surface area contributed by atoms with Crippen molar-refractivity contribution in [2.45, 2.75) is 128 Å². The minimum absolute atomic E-state index is 0.147. The van der Waals surface area contributed by atoms with Crippen molar-refractivity contribution in [3.63, 3.8) is 0 Å². The van der Waals surface area contributed by atoms with Gasteiger partial charge in [-0.25, -0.2) is 0 Å². The van der Waals surface area contributed by atoms with Gasteiger partial charge in [0.15, 0.2) is 7.14 Å². The Morgan fingerprint density at radius 1 is 0.558 bits per heavy atom. The van der Waals surface area contributed by atoms with Crippen molar-refractivity contribution in [2.24, 2.45) is 0 Å². The molecule has 0 aliphatic rings. The van der Waals surface area contributed by atoms with Crippen molar-refractivity contribution in [2.75, 3.05) is 6.61 Å². The Balaban J connectivity index is 0.000000300. The molecule has 3 rings (SSSR count). The fraction of sp³-hybridized carbons (Fsp3) is 0.526. The van der Waals surface area contributed by atoms with E-state index in [4.69, 9.17) is 4.18 Å². The number of hydrogen-bond donors (Lipinski definition) is 0. The third-order valence-electron chi connectivity index (χ3n) is 7.34. The molecule has 5 heteroatoms. The lowest BCUT2D eigenvalue weighted by Gasteiger charge is -2.20. The maximum atomic E-state index is 11.9. The van der Waals surface area contributed by atoms with E-state index in [1.165, 1.54) is 62.5 Å². The molecular weight excluding hydrogens is 663 g/mol. The molecule has 0 aliphatic heterocycles. The van der Waals surface area contributed by atoms with Crippen molar-refractivity contribution in [3.05, 3.63) is 97.1 Å². The number of halogens is 1. The first-order valence-electron chi connectivity index (χ1n) is 16.1. The number of rotatable bonds is 15. The molecule has 43 heavy (non-hydrogen) atoms. The molecule has 0 bridgehead atoms. The number of benzene rings is 3. The lowest BCUT2D eigenvalue weighted by molar-refractivity contribution is -0.599. The van der Waals surface area contributed by atoms with Crippen LogP contribution in [0.1, 0.15) is 124 Å². The molecule has 0 heterocycles. The smallest absolute Gasteiger partial charge is 0.266 e. The quantitative estimate of drug-likeness (QED) is 0.0919. The van der Waals surface area contributed by atoms with Crippen LogP contribution in [0, 0.1) is 7.14 Å². The van der Waals surface area contributed by atoms with Crippen LogP contribution >= 0.6 is 0 Å². The molecule has 3 aromatic carbocycles. The van der Waals surface area contributed by atoms with E-state index in [2.05, 4.69) is 97.0 Å². The SMILES string of the molecule is CC(C)(C)c1ccccc1[I+]c1ccccc1C(C)(C)C.CCCCCCCCCCCCOS(=O)(=O)c1ccccc1. The van der Waals surface area contributed by atoms with Crippen molar-refractivity contribution < 1.29 is 33.8 Å². The normalized spacial score (nSPS) is 12.1. The van der Waals surface area contributed by atoms with Crippen molar-refractivity contribution in [1.29, 1.82) is 0 Å². The molecule has 0 aliphatic carbocycles. The first-order chi connectivity index (χ1) is 20.4. The molecule has 0 unspecified atom stereocenters. The van der Waals surface area contributed by atoms with Crippen LogP contribution in [-0.4, -0.2) is 15.0 Å². The summed E-state index contributed by atoms with van der Waals surface area (Å²) in [7, 11) is -3.57. The lowest BCUT2D eigenvalue weighted by atomic mass is 9.87. The fourth-order valence-electron chi connectivity index (χ4n) is 4.83. The minimum Gasteiger partial charge on any atom is -0.266 e. The summed E-state index contributed by atoms with van der Waals surface area (Å²) in [6.45, 7) is 16.4. The third-order valence-corrected chi connectivity index (χ3v) is 11.7. The van der Waals surface area contributed by atoms with Crippen molar-refractivity contribution >= 4 is 10.1 Å². The van der Waals surface area contributed by atoms with E-state index in [1.54, 1.807) is 37.5 Å². The highest BCUT2D eigenvalue weighted by atomic mass is 127. The van der Waals surface area contributed by atoms with Gasteiger partial charge in [0.2, 0.25) is 0 Å². The van der Waals surface area contributed by atoms with Gasteiger partial charge in [-0.2, -0.15) is 8.42 Å². The second kappa shape index (κ2) is 19.0. The highest BCUT2D eigenvalue weighted by Gasteiger charge is 2.30. The van der Waals surface area contributed by atoms with Gasteiger partial charge in [-0.15, -0.1) is 0 Å². The van der Waals surface area contributed by atoms with E-state index in [0.717, 1.165) is 12.8 Å². The number of hydrogen-bond acceptors (Lipinski definition) is 3. The van der Waals surface area contributed by atoms with Crippen LogP contribution < -0.4 is 21.2 Å². The second-order valence-corrected chi connectivity index (χ2v) is 17.8. The van der Waals surface area contributed by atoms with Gasteiger partial charge in [-0.3, -0.25) is 4.18 Å². The molecule has 0 amide bonds. The fourth-order valence-corrected chi connectivity index (χ4v) is 9.75. The maximum absolute atomic E-state index is 11.9. The predicted octanol–water partition coefficient (Wildman–Crippen LogP) is 7.72. The van der Waals surface area contributed by atoms with E-state index in [-0.39, 0.29) is 43.5 Å². The standard InChI is InChI=1S/C20H26I.C18H30O3S/c1-19(2,3)15-11-7-9-13-17(15)21-18-14-10-8-12-16(18)20(4,5)6;1-2-3-4-5-6-7-8-9-10-14-17-21-22(19,20)18-15-12-11-13-16-18/h7-14H,1-6H3;11-13,15-16H,2-10,14,17H2,1H3/q+1;. The van der Waals surface area contributed by atoms with Crippen LogP contribution in [-0.2, 0) is 25.1 Å². The zero-order valence-corrected chi connectivity index (χ0v) is 30.8. The maximum Gasteiger partial charge on any atom is 0.358 e. The minimum atomic E-state index is -3.57. The van der Waals surface area contributed by atoms with Gasteiger partial charge >= 0.3 is 21.2 Å². The summed E-state index contributed by atoms with van der Waals surface area (Å²) in [6.07, 6.45) is 12.3. The highest BCUT2D eigenvalue weighted by molar-refractivity contribution is 7.86. The summed E-state index contributed by atoms with van der Waals surface area (Å²) < 4.78 is 31.9. The lowest BCUT2D eigenvalue weighted by Crippen LogP contribution is -3.62. The van der Waals surface area contributed by atoms with Crippen molar-refractivity contribution in [3.8, 4) is 0 Å². The molecule has 3 nitrogen and oxygen atoms in total. The molecule has 0 spiro atoms. The molecule has 0 radical (unpaired) electrons. The van der Waals surface area contributed by atoms with Crippen LogP contribution in [0.5, 0.6) is 0 Å². The van der Waals surface area contributed by atoms with E-state index in [9.17, 15) is 8.42 Å². The largest absolute Gasteiger partial charge is 0.358 e. The molecule has 238 valence electrons. The Labute approximate surface area is 274 Å². The molecule has 0 fully saturated rings. The van der Waals surface area contributed by atoms with Crippen LogP contribution in [0.15, 0.2) is 83.8 Å². The average Bonchev–Trinajstić information content (AvgIpc) is 2.96. The average molecular weight is 720 g/mol. The molecule has 0 aromatic heterocycles. The van der Waals surface area contributed by atoms with E-state index in [1.807, 2.05) is 0 Å². The van der Waals surface area contributed by atoms with Gasteiger partial charge < -0.3 is 0 Å². The summed E-state index contributed by atoms with van der Waals surface area (Å²) in [6, 6.07) is 26.3. The molecular formula is C38H56IO3S+. The zero-order valence-electron chi connectivity index (χ0n) is 27.8. The van der Waals surface area contributed by atoms with Gasteiger partial charge in [0.25, 0.3) is 10.1 Å². The van der Waals surface area contributed by atoms with Gasteiger partial charge in [0.1, 0.15) is 0 Å². The molecule has 0 saturated carbocycles. The van der Waals surface area contributed by atoms with Gasteiger partial charge in [-0.1, -0.05) is 161 Å². The second-order valence-electron chi connectivity index (χ2n) is 13.3. The molecule has 0 saturated heterocycles. The third kappa shape index (κ3) is 14.3. The van der Waals surface area contributed by atoms with E-state index in [0.29, 0.717) is 0 Å². The molecule has 0 atom stereocenters. The van der Waals surface area contributed by atoms with E-state index < -0.39 is 10.1 Å². The Morgan fingerprint density at radius 3 is 1.40 bits per heavy atom. The van der Waals surface area contributed by atoms with Gasteiger partial charge in [-0.05, 0) is 41.5 Å². The Bertz CT molecular complexity index is 1230. The first-order valence-corrected chi connectivity index (χ1v) is 19.7. The number of unbranched alkanes of at least 4 members (excludes halogenated alkanes) is 9. The van der Waals surface area contributed by atoms with Crippen LogP contribution in [0.3, 0.4) is 0 Å². The summed E-state index contributed by atoms with van der Waals surface area (Å²) in [5.41, 5.74) is 3.43. The van der Waals surface area contributed by atoms with Gasteiger partial charge in [0, 0.05) is 11.1 Å². The summed E-state index contributed by atoms with van der Waals surface area (Å²) >= 11 is -0.147. The van der Waals surface area contributed by atoms with Crippen LogP contribution in [0.2, 0.25) is 0 Å². The Kier molecular flexibility index (Phi) is 16.5. The van der Waals surface area contributed by atoms with Crippen molar-refractivity contribution in [1.82, 2.24) is 0 Å². The monoisotopic (exact) mass is 719 g/mol. The topological polar surface area (TPSA) is 43.4 Å². The summed E-state index contributed by atoms with van der Waals surface area (Å²) in [5, 5.41) is 0. The zero-order chi connectivity index (χ0) is 31.8. The predicted molar refractivity (Wildman–Crippen MR) is 179 cm³/mol. The van der Waals surface area contributed by atoms with Crippen LogP contribution in [0.4, 0.5) is 0 Å². The van der Waals surface area contributed by atoms with E-state index >= 15 is 0 Å². The Hall–Kier alpha value is -1.70.